The molecule has 0 bridgehead atoms. The van der Waals surface area contributed by atoms with Crippen LogP contribution in [-0.4, -0.2) is 33.7 Å². The molecule has 4 aromatic rings. The first-order valence-electron chi connectivity index (χ1n) is 11.3. The van der Waals surface area contributed by atoms with Crippen LogP contribution in [-0.2, 0) is 0 Å². The van der Waals surface area contributed by atoms with E-state index in [9.17, 15) is 0 Å². The summed E-state index contributed by atoms with van der Waals surface area (Å²) in [4.78, 5) is 13.3. The minimum Gasteiger partial charge on any atom is -0.378 e. The summed E-state index contributed by atoms with van der Waals surface area (Å²) in [6, 6.07) is 20.7. The largest absolute Gasteiger partial charge is 0.378 e. The van der Waals surface area contributed by atoms with Crippen molar-refractivity contribution in [1.29, 1.82) is 0 Å². The van der Waals surface area contributed by atoms with Gasteiger partial charge in [-0.1, -0.05) is 6.07 Å². The van der Waals surface area contributed by atoms with Crippen LogP contribution in [0, 0.1) is 13.8 Å². The fraction of sp³-hybridized carbons (Fsp3) is 0.222. The summed E-state index contributed by atoms with van der Waals surface area (Å²) in [5.74, 6) is 0. The fourth-order valence-electron chi connectivity index (χ4n) is 4.83. The molecule has 1 fully saturated rings. The molecular weight excluding hydrogens is 440 g/mol. The average molecular weight is 469 g/mol. The van der Waals surface area contributed by atoms with Gasteiger partial charge in [0.05, 0.1) is 29.7 Å². The highest BCUT2D eigenvalue weighted by atomic mass is 32.1. The van der Waals surface area contributed by atoms with Crippen molar-refractivity contribution in [2.45, 2.75) is 25.9 Å². The van der Waals surface area contributed by atoms with Gasteiger partial charge in [-0.3, -0.25) is 9.97 Å². The molecule has 4 heterocycles. The minimum absolute atomic E-state index is 0.0516. The Morgan fingerprint density at radius 2 is 1.74 bits per heavy atom. The zero-order valence-corrected chi connectivity index (χ0v) is 20.6. The monoisotopic (exact) mass is 468 g/mol. The number of aryl methyl sites for hydroxylation is 1. The molecule has 0 unspecified atom stereocenters. The predicted octanol–water partition coefficient (Wildman–Crippen LogP) is 5.13. The number of nitrogens with zero attached hydrogens (tertiary/aromatic N) is 5. The molecule has 1 aromatic carbocycles. The molecule has 1 saturated heterocycles. The number of benzene rings is 1. The van der Waals surface area contributed by atoms with Crippen molar-refractivity contribution in [1.82, 2.24) is 19.9 Å². The SMILES string of the molecule is Cc1cc([C@@H]2[C@H](c3ccccn3)NC(=S)N2c2ccc(N(C)C)cc2)c(C)n1-c1cccnc1. The maximum Gasteiger partial charge on any atom is 0.174 e. The molecule has 1 N–H and O–H groups in total. The van der Waals surface area contributed by atoms with Crippen LogP contribution in [0.3, 0.4) is 0 Å². The third-order valence-corrected chi connectivity index (χ3v) is 6.75. The summed E-state index contributed by atoms with van der Waals surface area (Å²) < 4.78 is 2.26. The third-order valence-electron chi connectivity index (χ3n) is 6.44. The average Bonchev–Trinajstić information content (AvgIpc) is 3.35. The topological polar surface area (TPSA) is 49.2 Å². The Kier molecular flexibility index (Phi) is 5.79. The zero-order valence-electron chi connectivity index (χ0n) is 19.8. The van der Waals surface area contributed by atoms with Gasteiger partial charge in [0.25, 0.3) is 0 Å². The van der Waals surface area contributed by atoms with Crippen molar-refractivity contribution < 1.29 is 0 Å². The number of anilines is 2. The molecule has 1 aliphatic heterocycles. The number of aromatic nitrogens is 3. The van der Waals surface area contributed by atoms with Crippen molar-refractivity contribution in [3.8, 4) is 5.69 Å². The number of thiocarbonyl (C=S) groups is 1. The molecule has 7 heteroatoms. The molecule has 1 aliphatic rings. The lowest BCUT2D eigenvalue weighted by Gasteiger charge is -2.28. The number of nitrogens with one attached hydrogen (secondary N) is 1. The van der Waals surface area contributed by atoms with Gasteiger partial charge >= 0.3 is 0 Å². The minimum atomic E-state index is -0.0786. The molecule has 34 heavy (non-hydrogen) atoms. The van der Waals surface area contributed by atoms with Crippen molar-refractivity contribution in [3.63, 3.8) is 0 Å². The van der Waals surface area contributed by atoms with Gasteiger partial charge in [0, 0.05) is 49.3 Å². The van der Waals surface area contributed by atoms with Crippen molar-refractivity contribution in [2.75, 3.05) is 23.9 Å². The lowest BCUT2D eigenvalue weighted by molar-refractivity contribution is 0.565. The first-order chi connectivity index (χ1) is 16.5. The Bertz CT molecular complexity index is 1300. The number of hydrogen-bond acceptors (Lipinski definition) is 4. The lowest BCUT2D eigenvalue weighted by atomic mass is 9.96. The zero-order chi connectivity index (χ0) is 23.8. The van der Waals surface area contributed by atoms with Crippen LogP contribution in [0.4, 0.5) is 11.4 Å². The first kappa shape index (κ1) is 22.1. The summed E-state index contributed by atoms with van der Waals surface area (Å²) in [7, 11) is 4.09. The molecule has 0 spiro atoms. The van der Waals surface area contributed by atoms with Gasteiger partial charge in [-0.25, -0.2) is 0 Å². The van der Waals surface area contributed by atoms with E-state index >= 15 is 0 Å². The molecule has 172 valence electrons. The molecule has 2 atom stereocenters. The summed E-state index contributed by atoms with van der Waals surface area (Å²) in [5.41, 5.74) is 7.74. The highest BCUT2D eigenvalue weighted by molar-refractivity contribution is 7.80. The van der Waals surface area contributed by atoms with E-state index in [4.69, 9.17) is 12.2 Å². The predicted molar refractivity (Wildman–Crippen MR) is 142 cm³/mol. The van der Waals surface area contributed by atoms with Gasteiger partial charge in [-0.05, 0) is 86.2 Å². The third kappa shape index (κ3) is 3.82. The van der Waals surface area contributed by atoms with Gasteiger partial charge in [0.1, 0.15) is 0 Å². The number of pyridine rings is 2. The van der Waals surface area contributed by atoms with Crippen molar-refractivity contribution >= 4 is 28.7 Å². The molecule has 3 aromatic heterocycles. The van der Waals surface area contributed by atoms with E-state index in [-0.39, 0.29) is 12.1 Å². The van der Waals surface area contributed by atoms with Gasteiger partial charge in [-0.15, -0.1) is 0 Å². The van der Waals surface area contributed by atoms with Gasteiger partial charge in [0.15, 0.2) is 5.11 Å². The maximum absolute atomic E-state index is 5.90. The van der Waals surface area contributed by atoms with E-state index in [0.717, 1.165) is 34.1 Å². The van der Waals surface area contributed by atoms with Crippen LogP contribution in [0.2, 0.25) is 0 Å². The van der Waals surface area contributed by atoms with E-state index in [1.165, 1.54) is 5.56 Å². The van der Waals surface area contributed by atoms with Crippen LogP contribution in [0.25, 0.3) is 5.69 Å². The van der Waals surface area contributed by atoms with Crippen molar-refractivity contribution in [3.05, 3.63) is 102 Å². The van der Waals surface area contributed by atoms with E-state index in [2.05, 4.69) is 86.0 Å². The first-order valence-corrected chi connectivity index (χ1v) is 11.7. The number of rotatable bonds is 5. The molecule has 0 aliphatic carbocycles. The van der Waals surface area contributed by atoms with Crippen LogP contribution in [0.15, 0.2) is 79.3 Å². The number of hydrogen-bond donors (Lipinski definition) is 1. The second kappa shape index (κ2) is 8.91. The standard InChI is InChI=1S/C27H28N6S/c1-18-16-23(19(2)32(18)22-8-7-14-28-17-22)26-25(24-9-5-6-15-29-24)30-27(34)33(26)21-12-10-20(11-13-21)31(3)4/h5-17,25-26H,1-4H3,(H,30,34)/t25-,26+/m0/s1. The van der Waals surface area contributed by atoms with Gasteiger partial charge < -0.3 is 19.7 Å². The second-order valence-electron chi connectivity index (χ2n) is 8.78. The Balaban J connectivity index is 1.65. The smallest absolute Gasteiger partial charge is 0.174 e. The summed E-state index contributed by atoms with van der Waals surface area (Å²) in [5, 5.41) is 4.26. The van der Waals surface area contributed by atoms with Gasteiger partial charge in [0.2, 0.25) is 0 Å². The summed E-state index contributed by atoms with van der Waals surface area (Å²) >= 11 is 5.90. The van der Waals surface area contributed by atoms with E-state index in [1.807, 2.05) is 44.7 Å². The van der Waals surface area contributed by atoms with E-state index in [0.29, 0.717) is 5.11 Å². The maximum atomic E-state index is 5.90. The molecule has 0 radical (unpaired) electrons. The van der Waals surface area contributed by atoms with E-state index in [1.54, 1.807) is 6.20 Å². The lowest BCUT2D eigenvalue weighted by Crippen LogP contribution is -2.29. The fourth-order valence-corrected chi connectivity index (χ4v) is 5.18. The van der Waals surface area contributed by atoms with Crippen LogP contribution < -0.4 is 15.1 Å². The summed E-state index contributed by atoms with van der Waals surface area (Å²) in [6.07, 6.45) is 5.54. The Labute approximate surface area is 205 Å². The second-order valence-corrected chi connectivity index (χ2v) is 9.17. The van der Waals surface area contributed by atoms with Crippen LogP contribution in [0.5, 0.6) is 0 Å². The normalized spacial score (nSPS) is 17.6. The van der Waals surface area contributed by atoms with Gasteiger partial charge in [-0.2, -0.15) is 0 Å². The molecule has 0 saturated carbocycles. The Morgan fingerprint density at radius 1 is 0.941 bits per heavy atom. The van der Waals surface area contributed by atoms with Crippen LogP contribution >= 0.6 is 12.2 Å². The molecular formula is C27H28N6S. The Morgan fingerprint density at radius 3 is 2.38 bits per heavy atom. The van der Waals surface area contributed by atoms with Crippen LogP contribution in [0.1, 0.15) is 34.7 Å². The summed E-state index contributed by atoms with van der Waals surface area (Å²) in [6.45, 7) is 4.30. The highest BCUT2D eigenvalue weighted by Crippen LogP contribution is 2.43. The quantitative estimate of drug-likeness (QED) is 0.410. The molecule has 5 rings (SSSR count). The Hall–Kier alpha value is -3.71. The van der Waals surface area contributed by atoms with E-state index < -0.39 is 0 Å². The highest BCUT2D eigenvalue weighted by Gasteiger charge is 2.42. The molecule has 6 nitrogen and oxygen atoms in total. The molecule has 0 amide bonds. The van der Waals surface area contributed by atoms with Crippen molar-refractivity contribution in [2.24, 2.45) is 0 Å².